The molecule has 21 heavy (non-hydrogen) atoms. The summed E-state index contributed by atoms with van der Waals surface area (Å²) in [5.41, 5.74) is 3.15. The number of nitrogens with one attached hydrogen (secondary N) is 1. The molecule has 1 fully saturated rings. The number of benzene rings is 1. The minimum atomic E-state index is 0.540. The molecule has 2 atom stereocenters. The van der Waals surface area contributed by atoms with E-state index in [4.69, 9.17) is 4.99 Å². The van der Waals surface area contributed by atoms with Gasteiger partial charge in [0.25, 0.3) is 0 Å². The van der Waals surface area contributed by atoms with Crippen molar-refractivity contribution >= 4 is 33.5 Å². The summed E-state index contributed by atoms with van der Waals surface area (Å²) < 4.78 is 0. The van der Waals surface area contributed by atoms with E-state index in [1.165, 1.54) is 30.4 Å². The molecule has 0 bridgehead atoms. The van der Waals surface area contributed by atoms with Crippen LogP contribution in [0.15, 0.2) is 35.3 Å². The van der Waals surface area contributed by atoms with Crippen LogP contribution in [0.3, 0.4) is 0 Å². The van der Waals surface area contributed by atoms with E-state index < -0.39 is 0 Å². The first-order valence-corrected chi connectivity index (χ1v) is 8.62. The van der Waals surface area contributed by atoms with E-state index in [0.29, 0.717) is 6.04 Å². The van der Waals surface area contributed by atoms with E-state index in [9.17, 15) is 0 Å². The molecule has 0 spiro atoms. The predicted molar refractivity (Wildman–Crippen MR) is 91.1 cm³/mol. The number of hydrogen-bond acceptors (Lipinski definition) is 4. The van der Waals surface area contributed by atoms with Gasteiger partial charge in [-0.3, -0.25) is 9.98 Å². The Morgan fingerprint density at radius 1 is 1.19 bits per heavy atom. The Hall–Kier alpha value is -1.55. The highest BCUT2D eigenvalue weighted by Gasteiger charge is 2.31. The Balaban J connectivity index is 1.67. The first-order valence-electron chi connectivity index (χ1n) is 7.63. The van der Waals surface area contributed by atoms with Crippen LogP contribution >= 0.6 is 11.8 Å². The summed E-state index contributed by atoms with van der Waals surface area (Å²) in [5, 5.41) is 5.75. The van der Waals surface area contributed by atoms with Gasteiger partial charge in [-0.2, -0.15) is 0 Å². The maximum Gasteiger partial charge on any atom is 0.161 e. The number of aromatic nitrogens is 1. The van der Waals surface area contributed by atoms with Crippen molar-refractivity contribution in [3.8, 4) is 0 Å². The number of pyridine rings is 1. The Kier molecular flexibility index (Phi) is 3.34. The number of para-hydroxylation sites is 1. The largest absolute Gasteiger partial charge is 0.333 e. The van der Waals surface area contributed by atoms with Crippen molar-refractivity contribution in [2.24, 2.45) is 10.9 Å². The van der Waals surface area contributed by atoms with Gasteiger partial charge in [0.2, 0.25) is 0 Å². The molecule has 1 aromatic heterocycles. The van der Waals surface area contributed by atoms with Crippen molar-refractivity contribution < 1.29 is 0 Å². The third kappa shape index (κ3) is 2.53. The first kappa shape index (κ1) is 13.1. The fraction of sp³-hybridized carbons (Fsp3) is 0.412. The normalized spacial score (nSPS) is 24.7. The lowest BCUT2D eigenvalue weighted by atomic mass is 10.1. The first-order chi connectivity index (χ1) is 10.3. The number of thioether (sulfide) groups is 1. The summed E-state index contributed by atoms with van der Waals surface area (Å²) in [6, 6.07) is 11.0. The SMILES string of the molecule is Cc1ccc2cccc(NC3=NC4CCCC4CS3)c2n1. The Morgan fingerprint density at radius 2 is 2.14 bits per heavy atom. The minimum Gasteiger partial charge on any atom is -0.333 e. The minimum absolute atomic E-state index is 0.540. The molecule has 3 nitrogen and oxygen atoms in total. The molecule has 1 aliphatic carbocycles. The topological polar surface area (TPSA) is 37.3 Å². The van der Waals surface area contributed by atoms with Gasteiger partial charge in [-0.05, 0) is 37.8 Å². The number of anilines is 1. The Labute approximate surface area is 129 Å². The average molecular weight is 297 g/mol. The number of aryl methyl sites for hydroxylation is 1. The summed E-state index contributed by atoms with van der Waals surface area (Å²) >= 11 is 1.86. The van der Waals surface area contributed by atoms with Crippen LogP contribution in [0.25, 0.3) is 10.9 Å². The summed E-state index contributed by atoms with van der Waals surface area (Å²) in [4.78, 5) is 9.59. The van der Waals surface area contributed by atoms with Gasteiger partial charge in [-0.1, -0.05) is 36.4 Å². The maximum atomic E-state index is 4.91. The second kappa shape index (κ2) is 5.34. The Bertz CT molecular complexity index is 710. The van der Waals surface area contributed by atoms with Gasteiger partial charge >= 0.3 is 0 Å². The zero-order chi connectivity index (χ0) is 14.2. The number of amidine groups is 1. The Morgan fingerprint density at radius 3 is 3.10 bits per heavy atom. The molecule has 4 heteroatoms. The molecule has 2 heterocycles. The van der Waals surface area contributed by atoms with Crippen LogP contribution in [0.1, 0.15) is 25.0 Å². The fourth-order valence-electron chi connectivity index (χ4n) is 3.28. The van der Waals surface area contributed by atoms with Crippen LogP contribution in [-0.2, 0) is 0 Å². The van der Waals surface area contributed by atoms with Crippen molar-refractivity contribution in [3.05, 3.63) is 36.0 Å². The summed E-state index contributed by atoms with van der Waals surface area (Å²) in [5.74, 6) is 2.00. The number of aliphatic imine (C=N–C) groups is 1. The number of rotatable bonds is 1. The molecule has 4 rings (SSSR count). The van der Waals surface area contributed by atoms with Gasteiger partial charge in [-0.25, -0.2) is 0 Å². The highest BCUT2D eigenvalue weighted by Crippen LogP contribution is 2.36. The lowest BCUT2D eigenvalue weighted by Gasteiger charge is -2.23. The average Bonchev–Trinajstić information content (AvgIpc) is 2.95. The molecule has 1 aromatic carbocycles. The molecule has 108 valence electrons. The van der Waals surface area contributed by atoms with Crippen molar-refractivity contribution in [1.29, 1.82) is 0 Å². The van der Waals surface area contributed by atoms with E-state index in [-0.39, 0.29) is 0 Å². The van der Waals surface area contributed by atoms with Gasteiger partial charge < -0.3 is 5.32 Å². The summed E-state index contributed by atoms with van der Waals surface area (Å²) in [7, 11) is 0. The van der Waals surface area contributed by atoms with Crippen LogP contribution in [0.2, 0.25) is 0 Å². The maximum absolute atomic E-state index is 4.91. The van der Waals surface area contributed by atoms with Gasteiger partial charge in [0, 0.05) is 16.8 Å². The molecule has 1 saturated carbocycles. The second-order valence-electron chi connectivity index (χ2n) is 5.96. The molecule has 1 aliphatic heterocycles. The van der Waals surface area contributed by atoms with Crippen LogP contribution in [0.4, 0.5) is 5.69 Å². The molecule has 2 unspecified atom stereocenters. The number of hydrogen-bond donors (Lipinski definition) is 1. The zero-order valence-corrected chi connectivity index (χ0v) is 13.0. The molecular weight excluding hydrogens is 278 g/mol. The van der Waals surface area contributed by atoms with E-state index in [2.05, 4.69) is 40.6 Å². The quantitative estimate of drug-likeness (QED) is 0.856. The van der Waals surface area contributed by atoms with Crippen LogP contribution in [0.5, 0.6) is 0 Å². The number of fused-ring (bicyclic) bond motifs is 2. The highest BCUT2D eigenvalue weighted by molar-refractivity contribution is 8.14. The molecule has 0 radical (unpaired) electrons. The predicted octanol–water partition coefficient (Wildman–Crippen LogP) is 4.23. The third-order valence-corrected chi connectivity index (χ3v) is 5.51. The van der Waals surface area contributed by atoms with E-state index in [0.717, 1.165) is 28.0 Å². The van der Waals surface area contributed by atoms with Crippen molar-refractivity contribution in [3.63, 3.8) is 0 Å². The molecule has 0 saturated heterocycles. The highest BCUT2D eigenvalue weighted by atomic mass is 32.2. The van der Waals surface area contributed by atoms with Crippen molar-refractivity contribution in [2.75, 3.05) is 11.1 Å². The standard InChI is InChI=1S/C17H19N3S/c1-11-8-9-12-4-2-7-15(16(12)18-11)20-17-19-14-6-3-5-13(14)10-21-17/h2,4,7-9,13-14H,3,5-6,10H2,1H3,(H,19,20). The van der Waals surface area contributed by atoms with Gasteiger partial charge in [0.1, 0.15) is 0 Å². The third-order valence-electron chi connectivity index (χ3n) is 4.44. The fourth-order valence-corrected chi connectivity index (χ4v) is 4.44. The lowest BCUT2D eigenvalue weighted by molar-refractivity contribution is 0.535. The number of nitrogens with zero attached hydrogens (tertiary/aromatic N) is 2. The molecule has 2 aromatic rings. The molecule has 0 amide bonds. The van der Waals surface area contributed by atoms with Gasteiger partial charge in [0.05, 0.1) is 17.2 Å². The van der Waals surface area contributed by atoms with Gasteiger partial charge in [-0.15, -0.1) is 0 Å². The molecule has 1 N–H and O–H groups in total. The second-order valence-corrected chi connectivity index (χ2v) is 6.97. The van der Waals surface area contributed by atoms with Crippen molar-refractivity contribution in [1.82, 2.24) is 4.98 Å². The smallest absolute Gasteiger partial charge is 0.161 e. The molecular formula is C17H19N3S. The van der Waals surface area contributed by atoms with Gasteiger partial charge in [0.15, 0.2) is 5.17 Å². The van der Waals surface area contributed by atoms with E-state index in [1.54, 1.807) is 0 Å². The van der Waals surface area contributed by atoms with Crippen LogP contribution < -0.4 is 5.32 Å². The van der Waals surface area contributed by atoms with Crippen LogP contribution in [-0.4, -0.2) is 21.9 Å². The lowest BCUT2D eigenvalue weighted by Crippen LogP contribution is -2.25. The monoisotopic (exact) mass is 297 g/mol. The molecule has 2 aliphatic rings. The van der Waals surface area contributed by atoms with E-state index in [1.807, 2.05) is 18.7 Å². The van der Waals surface area contributed by atoms with Crippen LogP contribution in [0, 0.1) is 12.8 Å². The zero-order valence-electron chi connectivity index (χ0n) is 12.2. The van der Waals surface area contributed by atoms with E-state index >= 15 is 0 Å². The van der Waals surface area contributed by atoms with Crippen molar-refractivity contribution in [2.45, 2.75) is 32.2 Å². The summed E-state index contributed by atoms with van der Waals surface area (Å²) in [6.07, 6.45) is 3.94. The summed E-state index contributed by atoms with van der Waals surface area (Å²) in [6.45, 7) is 2.03.